The van der Waals surface area contributed by atoms with Crippen LogP contribution in [-0.2, 0) is 4.74 Å². The zero-order valence-electron chi connectivity index (χ0n) is 11.8. The Morgan fingerprint density at radius 1 is 1.20 bits per heavy atom. The number of amides is 1. The van der Waals surface area contributed by atoms with Crippen molar-refractivity contribution in [1.29, 1.82) is 0 Å². The average Bonchev–Trinajstić information content (AvgIpc) is 3.01. The van der Waals surface area contributed by atoms with Crippen LogP contribution < -0.4 is 0 Å². The summed E-state index contributed by atoms with van der Waals surface area (Å²) in [6.07, 6.45) is 4.29. The summed E-state index contributed by atoms with van der Waals surface area (Å²) >= 11 is 1.31. The van der Waals surface area contributed by atoms with Gasteiger partial charge in [0, 0.05) is 19.2 Å². The number of nitrogens with zero attached hydrogens (tertiary/aromatic N) is 1. The van der Waals surface area contributed by atoms with Crippen molar-refractivity contribution < 1.29 is 14.3 Å². The Bertz CT molecular complexity index is 525. The molecule has 1 aromatic heterocycles. The van der Waals surface area contributed by atoms with E-state index in [0.717, 1.165) is 25.7 Å². The molecule has 3 rings (SSSR count). The number of carbonyl (C=O) groups is 2. The Hall–Kier alpha value is -1.20. The van der Waals surface area contributed by atoms with Crippen LogP contribution >= 0.6 is 11.3 Å². The van der Waals surface area contributed by atoms with Gasteiger partial charge in [-0.2, -0.15) is 0 Å². The number of ether oxygens (including phenoxy) is 1. The van der Waals surface area contributed by atoms with E-state index in [1.54, 1.807) is 19.2 Å². The van der Waals surface area contributed by atoms with Gasteiger partial charge in [-0.25, -0.2) is 0 Å². The quantitative estimate of drug-likeness (QED) is 0.805. The second kappa shape index (κ2) is 5.30. The lowest BCUT2D eigenvalue weighted by Crippen LogP contribution is -2.48. The molecular formula is C15H19NO3S. The number of hydrogen-bond acceptors (Lipinski definition) is 4. The molecule has 0 aromatic carbocycles. The third-order valence-electron chi connectivity index (χ3n) is 4.42. The minimum absolute atomic E-state index is 0.0233. The molecule has 0 N–H and O–H groups in total. The summed E-state index contributed by atoms with van der Waals surface area (Å²) in [7, 11) is 1.75. The lowest BCUT2D eigenvalue weighted by Gasteiger charge is -2.38. The molecule has 2 aliphatic rings. The maximum atomic E-state index is 12.7. The van der Waals surface area contributed by atoms with Gasteiger partial charge in [0.1, 0.15) is 0 Å². The van der Waals surface area contributed by atoms with E-state index in [1.807, 2.05) is 4.90 Å². The predicted molar refractivity (Wildman–Crippen MR) is 77.3 cm³/mol. The van der Waals surface area contributed by atoms with Crippen LogP contribution in [0, 0.1) is 0 Å². The first kappa shape index (κ1) is 13.8. The van der Waals surface area contributed by atoms with Crippen molar-refractivity contribution in [2.75, 3.05) is 7.11 Å². The van der Waals surface area contributed by atoms with E-state index in [4.69, 9.17) is 4.74 Å². The number of Topliss-reactive ketones (excluding diaryl/α,β-unsaturated/α-hetero) is 1. The molecule has 3 atom stereocenters. The number of methoxy groups -OCH3 is 1. The number of thiophene rings is 1. The molecule has 1 amide bonds. The zero-order chi connectivity index (χ0) is 14.3. The normalized spacial score (nSPS) is 28.7. The molecule has 4 nitrogen and oxygen atoms in total. The molecule has 0 saturated carbocycles. The summed E-state index contributed by atoms with van der Waals surface area (Å²) in [6, 6.07) is 4.14. The van der Waals surface area contributed by atoms with Crippen molar-refractivity contribution in [3.05, 3.63) is 21.9 Å². The summed E-state index contributed by atoms with van der Waals surface area (Å²) in [4.78, 5) is 27.4. The topological polar surface area (TPSA) is 46.6 Å². The molecule has 108 valence electrons. The van der Waals surface area contributed by atoms with E-state index < -0.39 is 0 Å². The summed E-state index contributed by atoms with van der Waals surface area (Å²) in [5, 5.41) is 0. The van der Waals surface area contributed by atoms with Gasteiger partial charge in [-0.3, -0.25) is 9.59 Å². The third-order valence-corrected chi connectivity index (χ3v) is 5.60. The van der Waals surface area contributed by atoms with Crippen molar-refractivity contribution in [3.8, 4) is 0 Å². The fourth-order valence-electron chi connectivity index (χ4n) is 3.42. The minimum atomic E-state index is 0.0233. The van der Waals surface area contributed by atoms with Crippen molar-refractivity contribution in [3.63, 3.8) is 0 Å². The molecule has 0 aliphatic carbocycles. The highest BCUT2D eigenvalue weighted by Crippen LogP contribution is 2.38. The Kier molecular flexibility index (Phi) is 3.65. The fraction of sp³-hybridized carbons (Fsp3) is 0.600. The number of hydrogen-bond donors (Lipinski definition) is 0. The standard InChI is InChI=1S/C15H19NO3S/c1-9(17)13-5-6-14(20-13)15(18)16-10-3-4-11(16)8-12(7-10)19-2/h5-6,10-12H,3-4,7-8H2,1-2H3/t10-,11+,12?. The molecule has 1 unspecified atom stereocenters. The molecule has 2 saturated heterocycles. The van der Waals surface area contributed by atoms with Crippen molar-refractivity contribution in [2.45, 2.75) is 50.8 Å². The Labute approximate surface area is 122 Å². The van der Waals surface area contributed by atoms with Gasteiger partial charge in [-0.1, -0.05) is 0 Å². The Morgan fingerprint density at radius 2 is 1.80 bits per heavy atom. The highest BCUT2D eigenvalue weighted by molar-refractivity contribution is 7.15. The summed E-state index contributed by atoms with van der Waals surface area (Å²) in [5.41, 5.74) is 0. The molecule has 0 radical (unpaired) electrons. The second-order valence-corrected chi connectivity index (χ2v) is 6.73. The van der Waals surface area contributed by atoms with Crippen molar-refractivity contribution in [2.24, 2.45) is 0 Å². The largest absolute Gasteiger partial charge is 0.381 e. The molecule has 2 fully saturated rings. The predicted octanol–water partition coefficient (Wildman–Crippen LogP) is 2.73. The second-order valence-electron chi connectivity index (χ2n) is 5.65. The van der Waals surface area contributed by atoms with E-state index in [2.05, 4.69) is 0 Å². The molecule has 20 heavy (non-hydrogen) atoms. The van der Waals surface area contributed by atoms with Gasteiger partial charge in [0.2, 0.25) is 0 Å². The van der Waals surface area contributed by atoms with Gasteiger partial charge in [0.15, 0.2) is 5.78 Å². The fourth-order valence-corrected chi connectivity index (χ4v) is 4.27. The van der Waals surface area contributed by atoms with Crippen LogP contribution in [0.1, 0.15) is 52.0 Å². The van der Waals surface area contributed by atoms with E-state index in [0.29, 0.717) is 21.8 Å². The van der Waals surface area contributed by atoms with Crippen LogP contribution in [0.5, 0.6) is 0 Å². The molecule has 2 aliphatic heterocycles. The maximum absolute atomic E-state index is 12.7. The van der Waals surface area contributed by atoms with Crippen LogP contribution in [0.3, 0.4) is 0 Å². The van der Waals surface area contributed by atoms with Gasteiger partial charge in [-0.05, 0) is 44.7 Å². The first-order chi connectivity index (χ1) is 9.60. The van der Waals surface area contributed by atoms with Crippen molar-refractivity contribution >= 4 is 23.0 Å². The SMILES string of the molecule is COC1C[C@H]2CC[C@@H](C1)N2C(=O)c1ccc(C(C)=O)s1. The van der Waals surface area contributed by atoms with Crippen LogP contribution in [0.4, 0.5) is 0 Å². The van der Waals surface area contributed by atoms with E-state index in [-0.39, 0.29) is 17.8 Å². The number of ketones is 1. The number of fused-ring (bicyclic) bond motifs is 2. The molecular weight excluding hydrogens is 274 g/mol. The lowest BCUT2D eigenvalue weighted by atomic mass is 9.99. The van der Waals surface area contributed by atoms with Crippen LogP contribution in [0.2, 0.25) is 0 Å². The summed E-state index contributed by atoms with van der Waals surface area (Å²) in [6.45, 7) is 1.54. The van der Waals surface area contributed by atoms with Crippen LogP contribution in [0.25, 0.3) is 0 Å². The molecule has 5 heteroatoms. The first-order valence-electron chi connectivity index (χ1n) is 7.06. The van der Waals surface area contributed by atoms with Crippen LogP contribution in [-0.4, -0.2) is 41.9 Å². The Morgan fingerprint density at radius 3 is 2.30 bits per heavy atom. The minimum Gasteiger partial charge on any atom is -0.381 e. The van der Waals surface area contributed by atoms with E-state index >= 15 is 0 Å². The monoisotopic (exact) mass is 293 g/mol. The molecule has 0 spiro atoms. The Balaban J connectivity index is 1.79. The lowest BCUT2D eigenvalue weighted by molar-refractivity contribution is 0.00846. The summed E-state index contributed by atoms with van der Waals surface area (Å²) in [5.74, 6) is 0.111. The summed E-state index contributed by atoms with van der Waals surface area (Å²) < 4.78 is 5.46. The highest BCUT2D eigenvalue weighted by Gasteiger charge is 2.43. The number of piperidine rings is 1. The zero-order valence-corrected chi connectivity index (χ0v) is 12.6. The van der Waals surface area contributed by atoms with Gasteiger partial charge < -0.3 is 9.64 Å². The maximum Gasteiger partial charge on any atom is 0.264 e. The number of carbonyl (C=O) groups excluding carboxylic acids is 2. The van der Waals surface area contributed by atoms with Crippen LogP contribution in [0.15, 0.2) is 12.1 Å². The van der Waals surface area contributed by atoms with Gasteiger partial charge in [0.05, 0.1) is 15.9 Å². The highest BCUT2D eigenvalue weighted by atomic mass is 32.1. The van der Waals surface area contributed by atoms with Gasteiger partial charge in [0.25, 0.3) is 5.91 Å². The molecule has 2 bridgehead atoms. The van der Waals surface area contributed by atoms with E-state index in [9.17, 15) is 9.59 Å². The first-order valence-corrected chi connectivity index (χ1v) is 7.88. The third kappa shape index (κ3) is 2.29. The molecule has 3 heterocycles. The van der Waals surface area contributed by atoms with E-state index in [1.165, 1.54) is 18.3 Å². The van der Waals surface area contributed by atoms with Gasteiger partial charge in [-0.15, -0.1) is 11.3 Å². The molecule has 1 aromatic rings. The van der Waals surface area contributed by atoms with Crippen molar-refractivity contribution in [1.82, 2.24) is 4.90 Å². The number of rotatable bonds is 3. The smallest absolute Gasteiger partial charge is 0.264 e. The average molecular weight is 293 g/mol. The van der Waals surface area contributed by atoms with Gasteiger partial charge >= 0.3 is 0 Å².